The molecular weight excluding hydrogens is 268 g/mol. The van der Waals surface area contributed by atoms with Gasteiger partial charge in [0, 0.05) is 6.42 Å². The number of benzene rings is 2. The highest BCUT2D eigenvalue weighted by molar-refractivity contribution is 5.83. The number of carbonyl (C=O) groups is 1. The van der Waals surface area contributed by atoms with Crippen molar-refractivity contribution >= 4 is 16.7 Å². The van der Waals surface area contributed by atoms with Crippen molar-refractivity contribution in [1.29, 1.82) is 0 Å². The lowest BCUT2D eigenvalue weighted by molar-refractivity contribution is -0.144. The lowest BCUT2D eigenvalue weighted by Gasteiger charge is -2.08. The van der Waals surface area contributed by atoms with Crippen LogP contribution in [0.1, 0.15) is 13.3 Å². The van der Waals surface area contributed by atoms with Gasteiger partial charge < -0.3 is 14.2 Å². The molecule has 0 aliphatic heterocycles. The van der Waals surface area contributed by atoms with Crippen LogP contribution >= 0.6 is 0 Å². The monoisotopic (exact) mass is 288 g/mol. The smallest absolute Gasteiger partial charge is 0.305 e. The molecule has 0 fully saturated rings. The van der Waals surface area contributed by atoms with Crippen LogP contribution in [0.3, 0.4) is 0 Å². The lowest BCUT2D eigenvalue weighted by atomic mass is 10.1. The van der Waals surface area contributed by atoms with Crippen LogP contribution in [0, 0.1) is 0 Å². The summed E-state index contributed by atoms with van der Waals surface area (Å²) in [7, 11) is 0. The van der Waals surface area contributed by atoms with Gasteiger partial charge in [0.1, 0.15) is 19.0 Å². The number of fused-ring (bicyclic) bond motifs is 1. The Balaban J connectivity index is 1.65. The molecule has 0 bridgehead atoms. The Morgan fingerprint density at radius 2 is 1.71 bits per heavy atom. The minimum absolute atomic E-state index is 0.203. The molecule has 4 nitrogen and oxygen atoms in total. The van der Waals surface area contributed by atoms with Crippen molar-refractivity contribution in [3.63, 3.8) is 0 Å². The third kappa shape index (κ3) is 5.08. The predicted molar refractivity (Wildman–Crippen MR) is 81.5 cm³/mol. The topological polar surface area (TPSA) is 44.8 Å². The summed E-state index contributed by atoms with van der Waals surface area (Å²) in [5, 5.41) is 2.35. The second kappa shape index (κ2) is 8.27. The first-order valence-electron chi connectivity index (χ1n) is 7.14. The molecule has 0 unspecified atom stereocenters. The van der Waals surface area contributed by atoms with Crippen LogP contribution in [0.15, 0.2) is 42.5 Å². The van der Waals surface area contributed by atoms with E-state index in [0.29, 0.717) is 32.8 Å². The largest absolute Gasteiger partial charge is 0.491 e. The number of hydrogen-bond donors (Lipinski definition) is 0. The molecule has 0 amide bonds. The summed E-state index contributed by atoms with van der Waals surface area (Å²) in [5.41, 5.74) is 0. The molecule has 0 spiro atoms. The molecule has 2 aromatic carbocycles. The molecule has 4 heteroatoms. The maximum atomic E-state index is 10.9. The van der Waals surface area contributed by atoms with Crippen LogP contribution in [-0.4, -0.2) is 32.4 Å². The fraction of sp³-hybridized carbons (Fsp3) is 0.353. The Kier molecular flexibility index (Phi) is 6.03. The Morgan fingerprint density at radius 1 is 0.952 bits per heavy atom. The molecule has 0 saturated heterocycles. The molecule has 0 atom stereocenters. The number of esters is 1. The molecule has 0 radical (unpaired) electrons. The average molecular weight is 288 g/mol. The number of hydrogen-bond acceptors (Lipinski definition) is 4. The SMILES string of the molecule is CCC(=O)OCCOCCOc1ccc2ccccc2c1. The van der Waals surface area contributed by atoms with Crippen LogP contribution in [0.5, 0.6) is 5.75 Å². The van der Waals surface area contributed by atoms with E-state index in [9.17, 15) is 4.79 Å². The first kappa shape index (κ1) is 15.3. The summed E-state index contributed by atoms with van der Waals surface area (Å²) in [6, 6.07) is 14.1. The molecule has 0 saturated carbocycles. The maximum Gasteiger partial charge on any atom is 0.305 e. The van der Waals surface area contributed by atoms with E-state index in [4.69, 9.17) is 14.2 Å². The Morgan fingerprint density at radius 3 is 2.52 bits per heavy atom. The highest BCUT2D eigenvalue weighted by atomic mass is 16.6. The number of ether oxygens (including phenoxy) is 3. The summed E-state index contributed by atoms with van der Waals surface area (Å²) >= 11 is 0. The van der Waals surface area contributed by atoms with Gasteiger partial charge in [-0.15, -0.1) is 0 Å². The third-order valence-electron chi connectivity index (χ3n) is 3.00. The van der Waals surface area contributed by atoms with Gasteiger partial charge in [0.25, 0.3) is 0 Å². The zero-order chi connectivity index (χ0) is 14.9. The average Bonchev–Trinajstić information content (AvgIpc) is 2.53. The summed E-state index contributed by atoms with van der Waals surface area (Å²) in [6.07, 6.45) is 0.394. The lowest BCUT2D eigenvalue weighted by Crippen LogP contribution is -2.13. The molecule has 21 heavy (non-hydrogen) atoms. The van der Waals surface area contributed by atoms with Crippen molar-refractivity contribution in [2.24, 2.45) is 0 Å². The number of rotatable bonds is 8. The van der Waals surface area contributed by atoms with E-state index in [1.807, 2.05) is 30.3 Å². The minimum atomic E-state index is -0.203. The van der Waals surface area contributed by atoms with Crippen molar-refractivity contribution in [3.05, 3.63) is 42.5 Å². The van der Waals surface area contributed by atoms with Gasteiger partial charge in [-0.2, -0.15) is 0 Å². The van der Waals surface area contributed by atoms with Gasteiger partial charge in [0.15, 0.2) is 0 Å². The molecular formula is C17H20O4. The van der Waals surface area contributed by atoms with Crippen LogP contribution < -0.4 is 4.74 Å². The van der Waals surface area contributed by atoms with E-state index in [0.717, 1.165) is 11.1 Å². The first-order valence-corrected chi connectivity index (χ1v) is 7.14. The van der Waals surface area contributed by atoms with Crippen molar-refractivity contribution in [1.82, 2.24) is 0 Å². The quantitative estimate of drug-likeness (QED) is 0.553. The summed E-state index contributed by atoms with van der Waals surface area (Å²) in [4.78, 5) is 10.9. The van der Waals surface area contributed by atoms with Gasteiger partial charge >= 0.3 is 5.97 Å². The fourth-order valence-corrected chi connectivity index (χ4v) is 1.89. The van der Waals surface area contributed by atoms with Gasteiger partial charge in [0.05, 0.1) is 13.2 Å². The van der Waals surface area contributed by atoms with E-state index in [1.165, 1.54) is 5.39 Å². The van der Waals surface area contributed by atoms with Gasteiger partial charge in [0.2, 0.25) is 0 Å². The molecule has 112 valence electrons. The van der Waals surface area contributed by atoms with E-state index in [2.05, 4.69) is 12.1 Å². The Hall–Kier alpha value is -2.07. The van der Waals surface area contributed by atoms with Gasteiger partial charge in [-0.05, 0) is 22.9 Å². The maximum absolute atomic E-state index is 10.9. The second-order valence-electron chi connectivity index (χ2n) is 4.54. The summed E-state index contributed by atoms with van der Waals surface area (Å²) in [6.45, 7) is 3.40. The minimum Gasteiger partial charge on any atom is -0.491 e. The molecule has 2 aromatic rings. The number of carbonyl (C=O) groups excluding carboxylic acids is 1. The second-order valence-corrected chi connectivity index (χ2v) is 4.54. The molecule has 2 rings (SSSR count). The Labute approximate surface area is 124 Å². The zero-order valence-electron chi connectivity index (χ0n) is 12.2. The Bertz CT molecular complexity index is 580. The highest BCUT2D eigenvalue weighted by Gasteiger charge is 1.99. The van der Waals surface area contributed by atoms with Crippen LogP contribution in [-0.2, 0) is 14.3 Å². The van der Waals surface area contributed by atoms with E-state index >= 15 is 0 Å². The van der Waals surface area contributed by atoms with Crippen molar-refractivity contribution in [2.45, 2.75) is 13.3 Å². The molecule has 0 N–H and O–H groups in total. The summed E-state index contributed by atoms with van der Waals surface area (Å²) in [5.74, 6) is 0.626. The molecule has 0 aliphatic carbocycles. The van der Waals surface area contributed by atoms with Gasteiger partial charge in [-0.25, -0.2) is 0 Å². The van der Waals surface area contributed by atoms with Crippen molar-refractivity contribution < 1.29 is 19.0 Å². The normalized spacial score (nSPS) is 10.5. The van der Waals surface area contributed by atoms with Crippen LogP contribution in [0.2, 0.25) is 0 Å². The predicted octanol–water partition coefficient (Wildman–Crippen LogP) is 3.19. The summed E-state index contributed by atoms with van der Waals surface area (Å²) < 4.78 is 15.9. The van der Waals surface area contributed by atoms with Gasteiger partial charge in [-0.1, -0.05) is 37.3 Å². The van der Waals surface area contributed by atoms with Gasteiger partial charge in [-0.3, -0.25) is 4.79 Å². The first-order chi connectivity index (χ1) is 10.3. The van der Waals surface area contributed by atoms with E-state index in [1.54, 1.807) is 6.92 Å². The standard InChI is InChI=1S/C17H20O4/c1-2-17(18)21-12-10-19-9-11-20-16-8-7-14-5-3-4-6-15(14)13-16/h3-8,13H,2,9-12H2,1H3. The van der Waals surface area contributed by atoms with E-state index in [-0.39, 0.29) is 5.97 Å². The van der Waals surface area contributed by atoms with Crippen LogP contribution in [0.25, 0.3) is 10.8 Å². The van der Waals surface area contributed by atoms with Crippen molar-refractivity contribution in [3.8, 4) is 5.75 Å². The third-order valence-corrected chi connectivity index (χ3v) is 3.00. The van der Waals surface area contributed by atoms with E-state index < -0.39 is 0 Å². The van der Waals surface area contributed by atoms with Crippen LogP contribution in [0.4, 0.5) is 0 Å². The molecule has 0 aliphatic rings. The highest BCUT2D eigenvalue weighted by Crippen LogP contribution is 2.20. The fourth-order valence-electron chi connectivity index (χ4n) is 1.89. The zero-order valence-corrected chi connectivity index (χ0v) is 12.2. The molecule has 0 heterocycles. The van der Waals surface area contributed by atoms with Crippen molar-refractivity contribution in [2.75, 3.05) is 26.4 Å². The molecule has 0 aromatic heterocycles.